The first-order valence-corrected chi connectivity index (χ1v) is 11.3. The van der Waals surface area contributed by atoms with E-state index in [2.05, 4.69) is 25.7 Å². The van der Waals surface area contributed by atoms with Gasteiger partial charge in [-0.2, -0.15) is 5.10 Å². The molecule has 2 aromatic carbocycles. The summed E-state index contributed by atoms with van der Waals surface area (Å²) in [5, 5.41) is 22.6. The number of thioether (sulfide) groups is 1. The van der Waals surface area contributed by atoms with Crippen molar-refractivity contribution in [3.05, 3.63) is 89.2 Å². The van der Waals surface area contributed by atoms with Crippen molar-refractivity contribution in [3.63, 3.8) is 0 Å². The van der Waals surface area contributed by atoms with E-state index >= 15 is 0 Å². The van der Waals surface area contributed by atoms with Crippen LogP contribution in [0.5, 0.6) is 0 Å². The molecule has 2 heterocycles. The van der Waals surface area contributed by atoms with E-state index in [0.717, 1.165) is 11.3 Å². The van der Waals surface area contributed by atoms with Crippen molar-refractivity contribution in [2.45, 2.75) is 5.16 Å². The third-order valence-electron chi connectivity index (χ3n) is 4.55. The molecule has 9 nitrogen and oxygen atoms in total. The number of hydrazone groups is 1. The third-order valence-corrected chi connectivity index (χ3v) is 5.73. The Labute approximate surface area is 203 Å². The van der Waals surface area contributed by atoms with Gasteiger partial charge in [-0.1, -0.05) is 35.5 Å². The van der Waals surface area contributed by atoms with Crippen LogP contribution in [-0.2, 0) is 4.79 Å². The Bertz CT molecular complexity index is 1330. The fraction of sp³-hybridized carbons (Fsp3) is 0.0435. The van der Waals surface area contributed by atoms with Gasteiger partial charge in [0, 0.05) is 28.7 Å². The summed E-state index contributed by atoms with van der Waals surface area (Å²) in [5.74, 6) is -0.681. The molecule has 0 aliphatic carbocycles. The highest BCUT2D eigenvalue weighted by Gasteiger charge is 2.17. The molecule has 0 radical (unpaired) electrons. The molecule has 0 unspecified atom stereocenters. The fourth-order valence-corrected chi connectivity index (χ4v) is 3.80. The number of nitrogens with zero attached hydrogens (tertiary/aromatic N) is 5. The van der Waals surface area contributed by atoms with Gasteiger partial charge < -0.3 is 5.11 Å². The maximum atomic E-state index is 12.3. The van der Waals surface area contributed by atoms with Crippen LogP contribution in [0.1, 0.15) is 15.9 Å². The number of hydrogen-bond acceptors (Lipinski definition) is 7. The number of nitrogens with one attached hydrogen (secondary N) is 1. The van der Waals surface area contributed by atoms with Crippen molar-refractivity contribution in [1.29, 1.82) is 0 Å². The minimum Gasteiger partial charge on any atom is -0.478 e. The quantitative estimate of drug-likeness (QED) is 0.217. The Morgan fingerprint density at radius 2 is 1.74 bits per heavy atom. The van der Waals surface area contributed by atoms with Crippen molar-refractivity contribution >= 4 is 41.5 Å². The average molecular weight is 493 g/mol. The number of pyridine rings is 1. The third kappa shape index (κ3) is 5.66. The minimum absolute atomic E-state index is 0.0529. The summed E-state index contributed by atoms with van der Waals surface area (Å²) < 4.78 is 1.84. The van der Waals surface area contributed by atoms with Gasteiger partial charge in [-0.15, -0.1) is 10.2 Å². The van der Waals surface area contributed by atoms with Gasteiger partial charge in [0.25, 0.3) is 5.91 Å². The lowest BCUT2D eigenvalue weighted by Crippen LogP contribution is -2.20. The lowest BCUT2D eigenvalue weighted by atomic mass is 10.1. The summed E-state index contributed by atoms with van der Waals surface area (Å²) in [5.41, 5.74) is 4.91. The van der Waals surface area contributed by atoms with Crippen molar-refractivity contribution in [2.24, 2.45) is 5.10 Å². The lowest BCUT2D eigenvalue weighted by Gasteiger charge is -2.10. The number of carbonyl (C=O) groups is 2. The first kappa shape index (κ1) is 23.1. The number of halogens is 1. The van der Waals surface area contributed by atoms with Crippen LogP contribution in [0.25, 0.3) is 17.1 Å². The maximum absolute atomic E-state index is 12.3. The summed E-state index contributed by atoms with van der Waals surface area (Å²) in [4.78, 5) is 27.3. The smallest absolute Gasteiger partial charge is 0.335 e. The van der Waals surface area contributed by atoms with Gasteiger partial charge in [0.1, 0.15) is 0 Å². The number of aromatic nitrogens is 4. The highest BCUT2D eigenvalue weighted by molar-refractivity contribution is 7.99. The Balaban J connectivity index is 1.46. The molecule has 0 atom stereocenters. The van der Waals surface area contributed by atoms with Crippen LogP contribution in [0.3, 0.4) is 0 Å². The molecular weight excluding hydrogens is 476 g/mol. The molecule has 0 fully saturated rings. The lowest BCUT2D eigenvalue weighted by molar-refractivity contribution is -0.118. The molecular formula is C23H17ClN6O3S. The van der Waals surface area contributed by atoms with Crippen LogP contribution >= 0.6 is 23.4 Å². The predicted octanol–water partition coefficient (Wildman–Crippen LogP) is 3.92. The van der Waals surface area contributed by atoms with Gasteiger partial charge in [0.2, 0.25) is 0 Å². The normalized spacial score (nSPS) is 11.0. The van der Waals surface area contributed by atoms with E-state index in [1.54, 1.807) is 36.7 Å². The molecule has 2 aromatic heterocycles. The second-order valence-electron chi connectivity index (χ2n) is 6.86. The molecule has 170 valence electrons. The Morgan fingerprint density at radius 1 is 1.03 bits per heavy atom. The van der Waals surface area contributed by atoms with E-state index in [1.807, 2.05) is 28.8 Å². The first-order chi connectivity index (χ1) is 16.5. The van der Waals surface area contributed by atoms with Gasteiger partial charge >= 0.3 is 5.97 Å². The van der Waals surface area contributed by atoms with E-state index in [9.17, 15) is 9.59 Å². The Morgan fingerprint density at radius 3 is 2.41 bits per heavy atom. The summed E-state index contributed by atoms with van der Waals surface area (Å²) in [7, 11) is 0. The molecule has 0 spiro atoms. The van der Waals surface area contributed by atoms with Crippen LogP contribution in [0.2, 0.25) is 5.02 Å². The number of rotatable bonds is 8. The monoisotopic (exact) mass is 492 g/mol. The van der Waals surface area contributed by atoms with Crippen LogP contribution < -0.4 is 5.43 Å². The SMILES string of the molecule is O=C(CSc1nnc(-c2ccncc2)n1-c1ccc(Cl)cc1)N/N=C/c1ccc(C(=O)O)cc1. The number of benzene rings is 2. The zero-order valence-corrected chi connectivity index (χ0v) is 19.1. The van der Waals surface area contributed by atoms with Crippen LogP contribution in [0, 0.1) is 0 Å². The van der Waals surface area contributed by atoms with E-state index in [0.29, 0.717) is 21.6 Å². The number of aromatic carboxylic acids is 1. The summed E-state index contributed by atoms with van der Waals surface area (Å²) in [6, 6.07) is 17.0. The average Bonchev–Trinajstić information content (AvgIpc) is 3.28. The highest BCUT2D eigenvalue weighted by Crippen LogP contribution is 2.28. The molecule has 0 aliphatic heterocycles. The highest BCUT2D eigenvalue weighted by atomic mass is 35.5. The van der Waals surface area contributed by atoms with Crippen LogP contribution in [-0.4, -0.2) is 48.7 Å². The van der Waals surface area contributed by atoms with Crippen molar-refractivity contribution in [1.82, 2.24) is 25.2 Å². The topological polar surface area (TPSA) is 122 Å². The summed E-state index contributed by atoms with van der Waals surface area (Å²) in [6.45, 7) is 0. The Hall–Kier alpha value is -4.02. The molecule has 2 N–H and O–H groups in total. The second kappa shape index (κ2) is 10.7. The zero-order valence-electron chi connectivity index (χ0n) is 17.5. The second-order valence-corrected chi connectivity index (χ2v) is 8.24. The van der Waals surface area contributed by atoms with Crippen molar-refractivity contribution < 1.29 is 14.7 Å². The van der Waals surface area contributed by atoms with E-state index in [1.165, 1.54) is 30.1 Å². The number of carboxylic acids is 1. The molecule has 0 bridgehead atoms. The molecule has 34 heavy (non-hydrogen) atoms. The standard InChI is InChI=1S/C23H17ClN6O3S/c24-18-5-7-19(8-6-18)30-21(16-9-11-25-12-10-16)28-29-23(30)34-14-20(31)27-26-13-15-1-3-17(4-2-15)22(32)33/h1-13H,14H2,(H,27,31)(H,32,33)/b26-13+. The van der Waals surface area contributed by atoms with Gasteiger partial charge in [-0.3, -0.25) is 14.3 Å². The summed E-state index contributed by atoms with van der Waals surface area (Å²) >= 11 is 7.25. The first-order valence-electron chi connectivity index (χ1n) is 9.91. The molecule has 4 aromatic rings. The van der Waals surface area contributed by atoms with Crippen molar-refractivity contribution in [2.75, 3.05) is 5.75 Å². The maximum Gasteiger partial charge on any atom is 0.335 e. The van der Waals surface area contributed by atoms with Gasteiger partial charge in [0.15, 0.2) is 11.0 Å². The van der Waals surface area contributed by atoms with E-state index in [-0.39, 0.29) is 17.2 Å². The fourth-order valence-electron chi connectivity index (χ4n) is 2.93. The number of hydrogen-bond donors (Lipinski definition) is 2. The minimum atomic E-state index is -1.01. The number of amides is 1. The van der Waals surface area contributed by atoms with E-state index in [4.69, 9.17) is 16.7 Å². The Kier molecular flexibility index (Phi) is 7.31. The molecule has 0 saturated carbocycles. The summed E-state index contributed by atoms with van der Waals surface area (Å²) in [6.07, 6.45) is 4.78. The molecule has 0 aliphatic rings. The zero-order chi connectivity index (χ0) is 23.9. The number of carboxylic acid groups (broad SMARTS) is 1. The van der Waals surface area contributed by atoms with Gasteiger partial charge in [0.05, 0.1) is 17.5 Å². The predicted molar refractivity (Wildman–Crippen MR) is 129 cm³/mol. The molecule has 0 saturated heterocycles. The van der Waals surface area contributed by atoms with E-state index < -0.39 is 5.97 Å². The number of carbonyl (C=O) groups excluding carboxylic acids is 1. The van der Waals surface area contributed by atoms with Crippen molar-refractivity contribution in [3.8, 4) is 17.1 Å². The molecule has 4 rings (SSSR count). The van der Waals surface area contributed by atoms with Gasteiger partial charge in [-0.25, -0.2) is 10.2 Å². The molecule has 11 heteroatoms. The molecule has 1 amide bonds. The van der Waals surface area contributed by atoms with Gasteiger partial charge in [-0.05, 0) is 54.1 Å². The largest absolute Gasteiger partial charge is 0.478 e. The van der Waals surface area contributed by atoms with Crippen LogP contribution in [0.4, 0.5) is 0 Å². The van der Waals surface area contributed by atoms with Crippen LogP contribution in [0.15, 0.2) is 83.3 Å².